The zero-order valence-electron chi connectivity index (χ0n) is 10.5. The molecule has 0 atom stereocenters. The molecule has 3 rings (SSSR count). The maximum absolute atomic E-state index is 8.94. The van der Waals surface area contributed by atoms with Gasteiger partial charge in [0.2, 0.25) is 0 Å². The Balaban J connectivity index is 1.77. The van der Waals surface area contributed by atoms with Crippen molar-refractivity contribution in [3.63, 3.8) is 0 Å². The van der Waals surface area contributed by atoms with E-state index in [4.69, 9.17) is 5.26 Å². The van der Waals surface area contributed by atoms with Gasteiger partial charge >= 0.3 is 0 Å². The van der Waals surface area contributed by atoms with Gasteiger partial charge in [0.05, 0.1) is 11.6 Å². The van der Waals surface area contributed by atoms with E-state index < -0.39 is 0 Å². The molecule has 0 saturated carbocycles. The van der Waals surface area contributed by atoms with Crippen LogP contribution in [-0.4, -0.2) is 31.2 Å². The van der Waals surface area contributed by atoms with Crippen LogP contribution in [0.5, 0.6) is 0 Å². The van der Waals surface area contributed by atoms with Crippen LogP contribution in [0.4, 0.5) is 5.82 Å². The Hall–Kier alpha value is -1.60. The molecule has 4 heteroatoms. The van der Waals surface area contributed by atoms with Crippen molar-refractivity contribution in [1.82, 2.24) is 10.3 Å². The molecule has 0 aromatic carbocycles. The first kappa shape index (κ1) is 11.5. The summed E-state index contributed by atoms with van der Waals surface area (Å²) in [6, 6.07) is 5.85. The minimum Gasteiger partial charge on any atom is -0.356 e. The van der Waals surface area contributed by atoms with Gasteiger partial charge in [-0.1, -0.05) is 0 Å². The van der Waals surface area contributed by atoms with Crippen molar-refractivity contribution in [1.29, 1.82) is 5.26 Å². The van der Waals surface area contributed by atoms with Crippen LogP contribution in [0, 0.1) is 16.7 Å². The van der Waals surface area contributed by atoms with Crippen LogP contribution in [0.25, 0.3) is 0 Å². The molecule has 2 fully saturated rings. The molecule has 1 N–H and O–H groups in total. The summed E-state index contributed by atoms with van der Waals surface area (Å²) in [7, 11) is 0. The van der Waals surface area contributed by atoms with Crippen LogP contribution < -0.4 is 10.2 Å². The molecule has 0 radical (unpaired) electrons. The van der Waals surface area contributed by atoms with Crippen LogP contribution >= 0.6 is 0 Å². The minimum atomic E-state index is 0.482. The quantitative estimate of drug-likeness (QED) is 0.811. The van der Waals surface area contributed by atoms with Gasteiger partial charge in [0, 0.05) is 19.3 Å². The Kier molecular flexibility index (Phi) is 2.92. The van der Waals surface area contributed by atoms with Gasteiger partial charge in [0.15, 0.2) is 0 Å². The van der Waals surface area contributed by atoms with E-state index in [1.54, 1.807) is 12.3 Å². The summed E-state index contributed by atoms with van der Waals surface area (Å²) >= 11 is 0. The lowest BCUT2D eigenvalue weighted by molar-refractivity contribution is 0.232. The molecule has 2 aliphatic heterocycles. The predicted molar refractivity (Wildman–Crippen MR) is 70.3 cm³/mol. The number of hydrogen-bond donors (Lipinski definition) is 1. The maximum Gasteiger partial charge on any atom is 0.129 e. The summed E-state index contributed by atoms with van der Waals surface area (Å²) in [6.07, 6.45) is 5.53. The summed E-state index contributed by atoms with van der Waals surface area (Å²) < 4.78 is 0. The summed E-state index contributed by atoms with van der Waals surface area (Å²) in [4.78, 5) is 6.75. The highest BCUT2D eigenvalue weighted by atomic mass is 15.2. The van der Waals surface area contributed by atoms with E-state index in [-0.39, 0.29) is 0 Å². The largest absolute Gasteiger partial charge is 0.356 e. The normalized spacial score (nSPS) is 22.1. The molecule has 0 aliphatic carbocycles. The summed E-state index contributed by atoms with van der Waals surface area (Å²) in [5.41, 5.74) is 1.18. The fourth-order valence-corrected chi connectivity index (χ4v) is 3.16. The van der Waals surface area contributed by atoms with Gasteiger partial charge in [-0.2, -0.15) is 5.26 Å². The van der Waals surface area contributed by atoms with Crippen LogP contribution in [-0.2, 0) is 0 Å². The van der Waals surface area contributed by atoms with Crippen LogP contribution in [0.2, 0.25) is 0 Å². The number of anilines is 1. The lowest BCUT2D eigenvalue weighted by Crippen LogP contribution is -2.38. The smallest absolute Gasteiger partial charge is 0.129 e. The second kappa shape index (κ2) is 4.58. The molecule has 0 unspecified atom stereocenters. The van der Waals surface area contributed by atoms with Gasteiger partial charge in [-0.25, -0.2) is 4.98 Å². The Morgan fingerprint density at radius 2 is 2.17 bits per heavy atom. The molecular weight excluding hydrogens is 224 g/mol. The number of piperidine rings is 1. The van der Waals surface area contributed by atoms with Crippen molar-refractivity contribution in [2.24, 2.45) is 5.41 Å². The lowest BCUT2D eigenvalue weighted by Gasteiger charge is -2.33. The lowest BCUT2D eigenvalue weighted by atomic mass is 9.78. The van der Waals surface area contributed by atoms with Crippen molar-refractivity contribution in [3.05, 3.63) is 23.9 Å². The molecule has 0 amide bonds. The molecule has 2 saturated heterocycles. The van der Waals surface area contributed by atoms with Crippen molar-refractivity contribution < 1.29 is 0 Å². The second-order valence-corrected chi connectivity index (χ2v) is 5.44. The number of aromatic nitrogens is 1. The molecule has 1 aromatic heterocycles. The molecule has 0 bridgehead atoms. The van der Waals surface area contributed by atoms with E-state index in [2.05, 4.69) is 21.3 Å². The minimum absolute atomic E-state index is 0.482. The van der Waals surface area contributed by atoms with Crippen molar-refractivity contribution in [2.75, 3.05) is 31.1 Å². The number of nitrogens with one attached hydrogen (secondary N) is 1. The van der Waals surface area contributed by atoms with E-state index in [9.17, 15) is 0 Å². The number of rotatable bonds is 1. The van der Waals surface area contributed by atoms with Crippen molar-refractivity contribution in [2.45, 2.75) is 19.3 Å². The molecular formula is C14H18N4. The third-order valence-corrected chi connectivity index (χ3v) is 4.30. The number of nitriles is 1. The molecule has 3 heterocycles. The SMILES string of the molecule is N#Cc1ccnc(N2CCC3(CCNCC3)C2)c1. The van der Waals surface area contributed by atoms with E-state index >= 15 is 0 Å². The van der Waals surface area contributed by atoms with Gasteiger partial charge < -0.3 is 10.2 Å². The van der Waals surface area contributed by atoms with Crippen molar-refractivity contribution in [3.8, 4) is 6.07 Å². The van der Waals surface area contributed by atoms with Gasteiger partial charge in [-0.3, -0.25) is 0 Å². The standard InChI is InChI=1S/C14H18N4/c15-10-12-1-5-17-13(9-12)18-8-4-14(11-18)2-6-16-7-3-14/h1,5,9,16H,2-4,6-8,11H2. The van der Waals surface area contributed by atoms with E-state index in [0.29, 0.717) is 11.0 Å². The van der Waals surface area contributed by atoms with Crippen LogP contribution in [0.15, 0.2) is 18.3 Å². The first-order chi connectivity index (χ1) is 8.81. The monoisotopic (exact) mass is 242 g/mol. The van der Waals surface area contributed by atoms with Crippen molar-refractivity contribution >= 4 is 5.82 Å². The number of nitrogens with zero attached hydrogens (tertiary/aromatic N) is 3. The Morgan fingerprint density at radius 1 is 1.33 bits per heavy atom. The van der Waals surface area contributed by atoms with Crippen LogP contribution in [0.1, 0.15) is 24.8 Å². The zero-order chi connectivity index (χ0) is 12.4. The second-order valence-electron chi connectivity index (χ2n) is 5.44. The Bertz CT molecular complexity index is 471. The highest BCUT2D eigenvalue weighted by Gasteiger charge is 2.39. The third-order valence-electron chi connectivity index (χ3n) is 4.30. The molecule has 1 aromatic rings. The topological polar surface area (TPSA) is 52.0 Å². The molecule has 2 aliphatic rings. The predicted octanol–water partition coefficient (Wildman–Crippen LogP) is 1.53. The van der Waals surface area contributed by atoms with Gasteiger partial charge in [0.25, 0.3) is 0 Å². The third kappa shape index (κ3) is 2.06. The summed E-state index contributed by atoms with van der Waals surface area (Å²) in [5, 5.41) is 12.4. The molecule has 18 heavy (non-hydrogen) atoms. The summed E-state index contributed by atoms with van der Waals surface area (Å²) in [6.45, 7) is 4.44. The van der Waals surface area contributed by atoms with Gasteiger partial charge in [-0.15, -0.1) is 0 Å². The summed E-state index contributed by atoms with van der Waals surface area (Å²) in [5.74, 6) is 0.962. The zero-order valence-corrected chi connectivity index (χ0v) is 10.5. The highest BCUT2D eigenvalue weighted by molar-refractivity contribution is 5.46. The fraction of sp³-hybridized carbons (Fsp3) is 0.571. The van der Waals surface area contributed by atoms with Gasteiger partial charge in [0.1, 0.15) is 5.82 Å². The number of pyridine rings is 1. The average molecular weight is 242 g/mol. The number of hydrogen-bond acceptors (Lipinski definition) is 4. The molecule has 4 nitrogen and oxygen atoms in total. The first-order valence-corrected chi connectivity index (χ1v) is 6.63. The Morgan fingerprint density at radius 3 is 2.94 bits per heavy atom. The van der Waals surface area contributed by atoms with Gasteiger partial charge in [-0.05, 0) is 49.9 Å². The van der Waals surface area contributed by atoms with E-state index in [0.717, 1.165) is 32.0 Å². The highest BCUT2D eigenvalue weighted by Crippen LogP contribution is 2.39. The molecule has 94 valence electrons. The maximum atomic E-state index is 8.94. The molecule has 1 spiro atoms. The first-order valence-electron chi connectivity index (χ1n) is 6.63. The average Bonchev–Trinajstić information content (AvgIpc) is 2.83. The Labute approximate surface area is 108 Å². The van der Waals surface area contributed by atoms with E-state index in [1.807, 2.05) is 6.07 Å². The van der Waals surface area contributed by atoms with Crippen LogP contribution in [0.3, 0.4) is 0 Å². The van der Waals surface area contributed by atoms with E-state index in [1.165, 1.54) is 19.3 Å². The fourth-order valence-electron chi connectivity index (χ4n) is 3.16.